The number of carbonyl (C=O) groups excluding carboxylic acids is 1. The van der Waals surface area contributed by atoms with Gasteiger partial charge >= 0.3 is 0 Å². The molecule has 2 aromatic carbocycles. The van der Waals surface area contributed by atoms with Crippen molar-refractivity contribution in [3.63, 3.8) is 0 Å². The zero-order valence-corrected chi connectivity index (χ0v) is 16.0. The number of nitrogens with one attached hydrogen (secondary N) is 2. The zero-order chi connectivity index (χ0) is 19.2. The molecular formula is C19H24N2O4S. The highest BCUT2D eigenvalue weighted by atomic mass is 32.2. The van der Waals surface area contributed by atoms with E-state index in [2.05, 4.69) is 10.0 Å². The lowest BCUT2D eigenvalue weighted by atomic mass is 10.2. The third-order valence-corrected chi connectivity index (χ3v) is 5.14. The fraction of sp³-hybridized carbons (Fsp3) is 0.316. The van der Waals surface area contributed by atoms with Gasteiger partial charge in [0.1, 0.15) is 5.75 Å². The molecule has 7 heteroatoms. The third kappa shape index (κ3) is 5.57. The molecular weight excluding hydrogens is 352 g/mol. The first-order chi connectivity index (χ1) is 12.3. The van der Waals surface area contributed by atoms with Crippen LogP contribution in [0.2, 0.25) is 0 Å². The van der Waals surface area contributed by atoms with Gasteiger partial charge in [0.05, 0.1) is 12.0 Å². The summed E-state index contributed by atoms with van der Waals surface area (Å²) in [5, 5.41) is 2.80. The number of hydrogen-bond donors (Lipinski definition) is 2. The molecule has 0 atom stereocenters. The van der Waals surface area contributed by atoms with Crippen LogP contribution in [0.4, 0.5) is 0 Å². The van der Waals surface area contributed by atoms with Crippen molar-refractivity contribution in [2.24, 2.45) is 5.92 Å². The van der Waals surface area contributed by atoms with Gasteiger partial charge in [0.25, 0.3) is 5.91 Å². The van der Waals surface area contributed by atoms with Gasteiger partial charge in [0.15, 0.2) is 0 Å². The second-order valence-electron chi connectivity index (χ2n) is 6.30. The summed E-state index contributed by atoms with van der Waals surface area (Å²) in [6, 6.07) is 13.0. The van der Waals surface area contributed by atoms with Gasteiger partial charge in [0, 0.05) is 18.7 Å². The van der Waals surface area contributed by atoms with E-state index in [1.807, 2.05) is 13.8 Å². The van der Waals surface area contributed by atoms with Crippen molar-refractivity contribution in [1.29, 1.82) is 0 Å². The van der Waals surface area contributed by atoms with Crippen molar-refractivity contribution in [3.8, 4) is 5.75 Å². The van der Waals surface area contributed by atoms with Gasteiger partial charge in [-0.15, -0.1) is 0 Å². The summed E-state index contributed by atoms with van der Waals surface area (Å²) in [7, 11) is -2.08. The molecule has 6 nitrogen and oxygen atoms in total. The van der Waals surface area contributed by atoms with E-state index in [1.54, 1.807) is 31.4 Å². The molecule has 0 aliphatic heterocycles. The summed E-state index contributed by atoms with van der Waals surface area (Å²) in [4.78, 5) is 12.1. The van der Waals surface area contributed by atoms with E-state index in [1.165, 1.54) is 24.3 Å². The number of methoxy groups -OCH3 is 1. The Balaban J connectivity index is 2.00. The minimum absolute atomic E-state index is 0.117. The molecule has 0 radical (unpaired) electrons. The van der Waals surface area contributed by atoms with Crippen LogP contribution >= 0.6 is 0 Å². The maximum absolute atomic E-state index is 12.4. The third-order valence-electron chi connectivity index (χ3n) is 3.72. The van der Waals surface area contributed by atoms with Gasteiger partial charge in [-0.1, -0.05) is 26.0 Å². The van der Waals surface area contributed by atoms with E-state index in [0.717, 1.165) is 5.56 Å². The lowest BCUT2D eigenvalue weighted by Gasteiger charge is -2.10. The molecule has 26 heavy (non-hydrogen) atoms. The van der Waals surface area contributed by atoms with Crippen LogP contribution in [0.3, 0.4) is 0 Å². The van der Waals surface area contributed by atoms with E-state index >= 15 is 0 Å². The van der Waals surface area contributed by atoms with Crippen LogP contribution in [0.1, 0.15) is 29.8 Å². The van der Waals surface area contributed by atoms with Crippen molar-refractivity contribution in [1.82, 2.24) is 10.0 Å². The monoisotopic (exact) mass is 376 g/mol. The molecule has 0 aliphatic carbocycles. The minimum Gasteiger partial charge on any atom is -0.497 e. The molecule has 2 rings (SSSR count). The number of ether oxygens (including phenoxy) is 1. The van der Waals surface area contributed by atoms with Crippen molar-refractivity contribution >= 4 is 15.9 Å². The molecule has 0 saturated carbocycles. The Hall–Kier alpha value is -2.38. The number of benzene rings is 2. The van der Waals surface area contributed by atoms with Crippen LogP contribution in [-0.2, 0) is 16.6 Å². The largest absolute Gasteiger partial charge is 0.497 e. The van der Waals surface area contributed by atoms with Crippen LogP contribution in [-0.4, -0.2) is 28.0 Å². The SMILES string of the molecule is COc1ccc(CNS(=O)(=O)c2ccc(C(=O)NCC(C)C)cc2)cc1. The average molecular weight is 376 g/mol. The van der Waals surface area contributed by atoms with Crippen molar-refractivity contribution in [3.05, 3.63) is 59.7 Å². The lowest BCUT2D eigenvalue weighted by Crippen LogP contribution is -2.27. The molecule has 0 bridgehead atoms. The molecule has 140 valence electrons. The maximum atomic E-state index is 12.4. The van der Waals surface area contributed by atoms with Crippen LogP contribution < -0.4 is 14.8 Å². The summed E-state index contributed by atoms with van der Waals surface area (Å²) in [5.41, 5.74) is 1.25. The van der Waals surface area contributed by atoms with E-state index in [9.17, 15) is 13.2 Å². The van der Waals surface area contributed by atoms with E-state index in [-0.39, 0.29) is 17.3 Å². The van der Waals surface area contributed by atoms with Crippen molar-refractivity contribution < 1.29 is 17.9 Å². The Bertz CT molecular complexity index is 829. The Morgan fingerprint density at radius 3 is 2.19 bits per heavy atom. The lowest BCUT2D eigenvalue weighted by molar-refractivity contribution is 0.0949. The maximum Gasteiger partial charge on any atom is 0.251 e. The van der Waals surface area contributed by atoms with Crippen LogP contribution in [0.5, 0.6) is 5.75 Å². The second kappa shape index (κ2) is 8.82. The highest BCUT2D eigenvalue weighted by molar-refractivity contribution is 7.89. The summed E-state index contributed by atoms with van der Waals surface area (Å²) >= 11 is 0. The molecule has 0 saturated heterocycles. The molecule has 0 fully saturated rings. The predicted octanol–water partition coefficient (Wildman–Crippen LogP) is 2.56. The minimum atomic E-state index is -3.66. The standard InChI is InChI=1S/C19H24N2O4S/c1-14(2)12-20-19(22)16-6-10-18(11-7-16)26(23,24)21-13-15-4-8-17(25-3)9-5-15/h4-11,14,21H,12-13H2,1-3H3,(H,20,22). The zero-order valence-electron chi connectivity index (χ0n) is 15.2. The molecule has 2 aromatic rings. The van der Waals surface area contributed by atoms with E-state index in [0.29, 0.717) is 23.8 Å². The topological polar surface area (TPSA) is 84.5 Å². The molecule has 0 heterocycles. The normalized spacial score (nSPS) is 11.4. The van der Waals surface area contributed by atoms with Crippen LogP contribution in [0.25, 0.3) is 0 Å². The summed E-state index contributed by atoms with van der Waals surface area (Å²) < 4.78 is 32.4. The number of rotatable bonds is 8. The fourth-order valence-corrected chi connectivity index (χ4v) is 3.21. The van der Waals surface area contributed by atoms with Crippen molar-refractivity contribution in [2.75, 3.05) is 13.7 Å². The number of sulfonamides is 1. The second-order valence-corrected chi connectivity index (χ2v) is 8.07. The molecule has 1 amide bonds. The van der Waals surface area contributed by atoms with Gasteiger partial charge in [-0.2, -0.15) is 0 Å². The number of carbonyl (C=O) groups is 1. The first-order valence-electron chi connectivity index (χ1n) is 8.32. The van der Waals surface area contributed by atoms with E-state index < -0.39 is 10.0 Å². The Kier molecular flexibility index (Phi) is 6.76. The van der Waals surface area contributed by atoms with Gasteiger partial charge in [-0.25, -0.2) is 13.1 Å². The van der Waals surface area contributed by atoms with Gasteiger partial charge in [0.2, 0.25) is 10.0 Å². The molecule has 0 unspecified atom stereocenters. The average Bonchev–Trinajstić information content (AvgIpc) is 2.65. The van der Waals surface area contributed by atoms with Gasteiger partial charge in [-0.05, 0) is 47.9 Å². The van der Waals surface area contributed by atoms with Crippen molar-refractivity contribution in [2.45, 2.75) is 25.3 Å². The predicted molar refractivity (Wildman–Crippen MR) is 101 cm³/mol. The van der Waals surface area contributed by atoms with Gasteiger partial charge < -0.3 is 10.1 Å². The van der Waals surface area contributed by atoms with Crippen LogP contribution in [0.15, 0.2) is 53.4 Å². The molecule has 0 aliphatic rings. The Morgan fingerprint density at radius 2 is 1.65 bits per heavy atom. The molecule has 2 N–H and O–H groups in total. The quantitative estimate of drug-likeness (QED) is 0.742. The highest BCUT2D eigenvalue weighted by Crippen LogP contribution is 2.14. The first kappa shape index (κ1) is 19.9. The summed E-state index contributed by atoms with van der Waals surface area (Å²) in [6.07, 6.45) is 0. The number of hydrogen-bond acceptors (Lipinski definition) is 4. The molecule has 0 spiro atoms. The fourth-order valence-electron chi connectivity index (χ4n) is 2.19. The van der Waals surface area contributed by atoms with Crippen LogP contribution in [0, 0.1) is 5.92 Å². The first-order valence-corrected chi connectivity index (χ1v) is 9.81. The summed E-state index contributed by atoms with van der Waals surface area (Å²) in [6.45, 7) is 4.75. The highest BCUT2D eigenvalue weighted by Gasteiger charge is 2.15. The number of amides is 1. The van der Waals surface area contributed by atoms with E-state index in [4.69, 9.17) is 4.74 Å². The Labute approximate surface area is 154 Å². The van der Waals surface area contributed by atoms with Gasteiger partial charge in [-0.3, -0.25) is 4.79 Å². The smallest absolute Gasteiger partial charge is 0.251 e. The Morgan fingerprint density at radius 1 is 1.04 bits per heavy atom. The summed E-state index contributed by atoms with van der Waals surface area (Å²) in [5.74, 6) is 0.845. The molecule has 0 aromatic heterocycles.